The molecule has 2 aliphatic rings. The molecule has 172 valence electrons. The van der Waals surface area contributed by atoms with Crippen LogP contribution in [0.5, 0.6) is 5.75 Å². The van der Waals surface area contributed by atoms with E-state index in [0.29, 0.717) is 12.5 Å². The number of nitrogens with zero attached hydrogens (tertiary/aromatic N) is 4. The SMILES string of the molecule is COc1ccc(CN2C[C@@H](c3ccnn3C)[C@@]3(CCCN(Cc4ccccc4)C3=O)C2)cc1. The van der Waals surface area contributed by atoms with Gasteiger partial charge < -0.3 is 9.64 Å². The lowest BCUT2D eigenvalue weighted by Crippen LogP contribution is -2.52. The van der Waals surface area contributed by atoms with E-state index >= 15 is 0 Å². The molecule has 0 bridgehead atoms. The van der Waals surface area contributed by atoms with Gasteiger partial charge in [0, 0.05) is 57.6 Å². The highest BCUT2D eigenvalue weighted by Crippen LogP contribution is 2.49. The van der Waals surface area contributed by atoms with Crippen molar-refractivity contribution in [3.8, 4) is 5.75 Å². The van der Waals surface area contributed by atoms with Crippen LogP contribution in [0.2, 0.25) is 0 Å². The Balaban J connectivity index is 1.43. The van der Waals surface area contributed by atoms with Gasteiger partial charge >= 0.3 is 0 Å². The molecule has 3 heterocycles. The van der Waals surface area contributed by atoms with Crippen molar-refractivity contribution in [2.24, 2.45) is 12.5 Å². The van der Waals surface area contributed by atoms with E-state index in [4.69, 9.17) is 4.74 Å². The smallest absolute Gasteiger partial charge is 0.231 e. The van der Waals surface area contributed by atoms with E-state index in [9.17, 15) is 4.79 Å². The minimum atomic E-state index is -0.409. The monoisotopic (exact) mass is 444 g/mol. The molecule has 0 N–H and O–H groups in total. The van der Waals surface area contributed by atoms with Crippen LogP contribution in [0.15, 0.2) is 66.9 Å². The summed E-state index contributed by atoms with van der Waals surface area (Å²) in [4.78, 5) is 18.6. The normalized spacial score (nSPS) is 23.4. The molecule has 5 rings (SSSR count). The third-order valence-electron chi connectivity index (χ3n) is 7.37. The lowest BCUT2D eigenvalue weighted by atomic mass is 9.70. The summed E-state index contributed by atoms with van der Waals surface area (Å²) in [6.07, 6.45) is 3.81. The lowest BCUT2D eigenvalue weighted by Gasteiger charge is -2.42. The Kier molecular flexibility index (Phi) is 5.94. The summed E-state index contributed by atoms with van der Waals surface area (Å²) >= 11 is 0. The maximum Gasteiger partial charge on any atom is 0.231 e. The highest BCUT2D eigenvalue weighted by atomic mass is 16.5. The van der Waals surface area contributed by atoms with E-state index in [0.717, 1.165) is 50.5 Å². The zero-order valence-electron chi connectivity index (χ0n) is 19.5. The van der Waals surface area contributed by atoms with Crippen LogP contribution in [0.3, 0.4) is 0 Å². The Hall–Kier alpha value is -3.12. The van der Waals surface area contributed by atoms with Gasteiger partial charge in [0.2, 0.25) is 5.91 Å². The Bertz CT molecular complexity index is 1090. The van der Waals surface area contributed by atoms with E-state index in [-0.39, 0.29) is 5.92 Å². The van der Waals surface area contributed by atoms with Gasteiger partial charge in [0.05, 0.1) is 12.5 Å². The predicted molar refractivity (Wildman–Crippen MR) is 128 cm³/mol. The van der Waals surface area contributed by atoms with Crippen LogP contribution in [0.1, 0.15) is 35.6 Å². The second kappa shape index (κ2) is 9.02. The molecule has 3 aromatic rings. The van der Waals surface area contributed by atoms with Crippen molar-refractivity contribution in [1.29, 1.82) is 0 Å². The molecule has 2 aromatic carbocycles. The van der Waals surface area contributed by atoms with Crippen molar-refractivity contribution in [2.75, 3.05) is 26.7 Å². The number of methoxy groups -OCH3 is 1. The molecule has 0 unspecified atom stereocenters. The summed E-state index contributed by atoms with van der Waals surface area (Å²) in [6.45, 7) is 3.96. The zero-order chi connectivity index (χ0) is 22.8. The van der Waals surface area contributed by atoms with Crippen molar-refractivity contribution in [3.63, 3.8) is 0 Å². The summed E-state index contributed by atoms with van der Waals surface area (Å²) in [6, 6.07) is 20.7. The van der Waals surface area contributed by atoms with Crippen LogP contribution in [0.4, 0.5) is 0 Å². The zero-order valence-corrected chi connectivity index (χ0v) is 19.5. The largest absolute Gasteiger partial charge is 0.497 e. The average molecular weight is 445 g/mol. The summed E-state index contributed by atoms with van der Waals surface area (Å²) in [7, 11) is 3.68. The van der Waals surface area contributed by atoms with Gasteiger partial charge in [0.1, 0.15) is 5.75 Å². The van der Waals surface area contributed by atoms with Gasteiger partial charge in [0.15, 0.2) is 0 Å². The fourth-order valence-corrected chi connectivity index (χ4v) is 5.75. The van der Waals surface area contributed by atoms with E-state index < -0.39 is 5.41 Å². The Morgan fingerprint density at radius 2 is 1.79 bits per heavy atom. The van der Waals surface area contributed by atoms with Crippen molar-refractivity contribution >= 4 is 5.91 Å². The Morgan fingerprint density at radius 1 is 1.03 bits per heavy atom. The number of carbonyl (C=O) groups is 1. The number of aromatic nitrogens is 2. The molecule has 0 radical (unpaired) electrons. The number of likely N-dealkylation sites (tertiary alicyclic amines) is 2. The lowest BCUT2D eigenvalue weighted by molar-refractivity contribution is -0.147. The van der Waals surface area contributed by atoms with Crippen LogP contribution >= 0.6 is 0 Å². The molecule has 2 aliphatic heterocycles. The predicted octanol–water partition coefficient (Wildman–Crippen LogP) is 3.84. The number of ether oxygens (including phenoxy) is 1. The van der Waals surface area contributed by atoms with Gasteiger partial charge in [-0.3, -0.25) is 14.4 Å². The first-order chi connectivity index (χ1) is 16.1. The highest BCUT2D eigenvalue weighted by molar-refractivity contribution is 5.85. The van der Waals surface area contributed by atoms with Crippen molar-refractivity contribution in [1.82, 2.24) is 19.6 Å². The van der Waals surface area contributed by atoms with Crippen LogP contribution < -0.4 is 4.74 Å². The van der Waals surface area contributed by atoms with Crippen molar-refractivity contribution in [2.45, 2.75) is 31.8 Å². The molecule has 1 amide bonds. The fourth-order valence-electron chi connectivity index (χ4n) is 5.75. The van der Waals surface area contributed by atoms with Gasteiger partial charge in [-0.05, 0) is 42.2 Å². The number of amides is 1. The molecule has 2 atom stereocenters. The first-order valence-corrected chi connectivity index (χ1v) is 11.8. The molecular weight excluding hydrogens is 412 g/mol. The summed E-state index contributed by atoms with van der Waals surface area (Å²) < 4.78 is 7.26. The van der Waals surface area contributed by atoms with Gasteiger partial charge in [-0.15, -0.1) is 0 Å². The minimum absolute atomic E-state index is 0.134. The number of hydrogen-bond acceptors (Lipinski definition) is 4. The first-order valence-electron chi connectivity index (χ1n) is 11.8. The molecule has 1 spiro atoms. The maximum absolute atomic E-state index is 14.1. The summed E-state index contributed by atoms with van der Waals surface area (Å²) in [5, 5.41) is 4.44. The maximum atomic E-state index is 14.1. The first kappa shape index (κ1) is 21.7. The third-order valence-corrected chi connectivity index (χ3v) is 7.37. The molecule has 6 nitrogen and oxygen atoms in total. The molecule has 33 heavy (non-hydrogen) atoms. The van der Waals surface area contributed by atoms with Gasteiger partial charge in [-0.25, -0.2) is 0 Å². The molecule has 0 saturated carbocycles. The fraction of sp³-hybridized carbons (Fsp3) is 0.407. The van der Waals surface area contributed by atoms with Crippen LogP contribution in [-0.2, 0) is 24.9 Å². The van der Waals surface area contributed by atoms with Crippen LogP contribution in [0, 0.1) is 5.41 Å². The minimum Gasteiger partial charge on any atom is -0.497 e. The Labute approximate surface area is 195 Å². The molecule has 2 saturated heterocycles. The number of benzene rings is 2. The van der Waals surface area contributed by atoms with Crippen molar-refractivity contribution < 1.29 is 9.53 Å². The quantitative estimate of drug-likeness (QED) is 0.580. The molecule has 0 aliphatic carbocycles. The second-order valence-corrected chi connectivity index (χ2v) is 9.42. The number of aryl methyl sites for hydroxylation is 1. The van der Waals surface area contributed by atoms with Gasteiger partial charge in [-0.1, -0.05) is 42.5 Å². The van der Waals surface area contributed by atoms with E-state index in [1.807, 2.05) is 48.3 Å². The Morgan fingerprint density at radius 3 is 2.48 bits per heavy atom. The number of hydrogen-bond donors (Lipinski definition) is 0. The molecule has 1 aromatic heterocycles. The average Bonchev–Trinajstić information content (AvgIpc) is 3.41. The second-order valence-electron chi connectivity index (χ2n) is 9.42. The van der Waals surface area contributed by atoms with Crippen LogP contribution in [-0.4, -0.2) is 52.2 Å². The summed E-state index contributed by atoms with van der Waals surface area (Å²) in [5.41, 5.74) is 3.17. The van der Waals surface area contributed by atoms with Crippen molar-refractivity contribution in [3.05, 3.63) is 83.7 Å². The summed E-state index contributed by atoms with van der Waals surface area (Å²) in [5.74, 6) is 1.29. The molecule has 2 fully saturated rings. The number of carbonyl (C=O) groups excluding carboxylic acids is 1. The van der Waals surface area contributed by atoms with E-state index in [2.05, 4.69) is 45.2 Å². The topological polar surface area (TPSA) is 50.6 Å². The van der Waals surface area contributed by atoms with Gasteiger partial charge in [-0.2, -0.15) is 5.10 Å². The standard InChI is InChI=1S/C27H32N4O2/c1-29-25(13-15-28-29)24-19-30(17-22-9-11-23(33-2)12-10-22)20-27(24)14-6-16-31(26(27)32)18-21-7-4-3-5-8-21/h3-5,7-13,15,24H,6,14,16-20H2,1-2H3/t24-,27+/m0/s1. The van der Waals surface area contributed by atoms with E-state index in [1.165, 1.54) is 11.1 Å². The van der Waals surface area contributed by atoms with Gasteiger partial charge in [0.25, 0.3) is 0 Å². The van der Waals surface area contributed by atoms with Crippen LogP contribution in [0.25, 0.3) is 0 Å². The number of rotatable bonds is 6. The number of piperidine rings is 1. The van der Waals surface area contributed by atoms with E-state index in [1.54, 1.807) is 7.11 Å². The molecule has 6 heteroatoms. The molecular formula is C27H32N4O2. The highest BCUT2D eigenvalue weighted by Gasteiger charge is 2.55. The third kappa shape index (κ3) is 4.15.